The molecular weight excluding hydrogens is 238 g/mol. The van der Waals surface area contributed by atoms with Gasteiger partial charge in [-0.2, -0.15) is 0 Å². The summed E-state index contributed by atoms with van der Waals surface area (Å²) < 4.78 is 0. The monoisotopic (exact) mass is 253 g/mol. The molecule has 0 aliphatic carbocycles. The predicted octanol–water partition coefficient (Wildman–Crippen LogP) is 3.43. The molecule has 0 bridgehead atoms. The Bertz CT molecular complexity index is 615. The van der Waals surface area contributed by atoms with Crippen molar-refractivity contribution in [1.82, 2.24) is 0 Å². The Morgan fingerprint density at radius 2 is 1.79 bits per heavy atom. The molecule has 2 rings (SSSR count). The van der Waals surface area contributed by atoms with E-state index in [0.717, 1.165) is 11.1 Å². The summed E-state index contributed by atoms with van der Waals surface area (Å²) >= 11 is 0. The summed E-state index contributed by atoms with van der Waals surface area (Å²) in [7, 11) is 0. The van der Waals surface area contributed by atoms with E-state index < -0.39 is 0 Å². The second-order valence-electron chi connectivity index (χ2n) is 4.44. The van der Waals surface area contributed by atoms with E-state index in [-0.39, 0.29) is 5.78 Å². The fraction of sp³-hybridized carbons (Fsp3) is 0.125. The van der Waals surface area contributed by atoms with Crippen molar-refractivity contribution in [3.8, 4) is 11.1 Å². The van der Waals surface area contributed by atoms with Gasteiger partial charge in [0.15, 0.2) is 5.78 Å². The Kier molecular flexibility index (Phi) is 3.76. The van der Waals surface area contributed by atoms with Gasteiger partial charge < -0.3 is 5.32 Å². The summed E-state index contributed by atoms with van der Waals surface area (Å²) in [5, 5.41) is 2.56. The lowest BCUT2D eigenvalue weighted by Crippen LogP contribution is -2.00. The highest BCUT2D eigenvalue weighted by atomic mass is 16.1. The molecule has 0 fully saturated rings. The van der Waals surface area contributed by atoms with E-state index in [2.05, 4.69) is 5.32 Å². The molecule has 0 saturated heterocycles. The summed E-state index contributed by atoms with van der Waals surface area (Å²) in [6.07, 6.45) is 0.602. The Morgan fingerprint density at radius 3 is 2.37 bits per heavy atom. The number of aryl methyl sites for hydroxylation is 1. The average Bonchev–Trinajstić information content (AvgIpc) is 2.40. The molecule has 0 unspecified atom stereocenters. The van der Waals surface area contributed by atoms with Crippen LogP contribution < -0.4 is 5.32 Å². The van der Waals surface area contributed by atoms with Crippen LogP contribution in [-0.2, 0) is 4.79 Å². The largest absolute Gasteiger partial charge is 0.329 e. The highest BCUT2D eigenvalue weighted by molar-refractivity contribution is 6.02. The number of anilines is 1. The number of carbonyl (C=O) groups excluding carboxylic acids is 2. The molecule has 19 heavy (non-hydrogen) atoms. The van der Waals surface area contributed by atoms with Crippen molar-refractivity contribution in [2.75, 3.05) is 5.32 Å². The van der Waals surface area contributed by atoms with E-state index in [0.29, 0.717) is 17.7 Å². The van der Waals surface area contributed by atoms with Crippen molar-refractivity contribution in [3.05, 3.63) is 53.6 Å². The molecule has 0 radical (unpaired) electrons. The molecule has 1 amide bonds. The molecule has 0 aliphatic rings. The molecule has 0 saturated carbocycles. The van der Waals surface area contributed by atoms with Gasteiger partial charge in [-0.15, -0.1) is 0 Å². The van der Waals surface area contributed by atoms with Crippen molar-refractivity contribution in [2.24, 2.45) is 0 Å². The fourth-order valence-corrected chi connectivity index (χ4v) is 1.98. The molecule has 0 aliphatic heterocycles. The van der Waals surface area contributed by atoms with Gasteiger partial charge in [0.25, 0.3) is 0 Å². The third kappa shape index (κ3) is 2.88. The number of Topliss-reactive ketones (excluding diaryl/α,β-unsaturated/α-hetero) is 1. The minimum absolute atomic E-state index is 0.0230. The maximum absolute atomic E-state index is 11.7. The number of amides is 1. The maximum Gasteiger partial charge on any atom is 0.211 e. The van der Waals surface area contributed by atoms with Crippen LogP contribution in [0.3, 0.4) is 0 Å². The number of carbonyl (C=O) groups is 2. The third-order valence-corrected chi connectivity index (χ3v) is 2.99. The van der Waals surface area contributed by atoms with E-state index >= 15 is 0 Å². The summed E-state index contributed by atoms with van der Waals surface area (Å²) in [6.45, 7) is 3.55. The normalized spacial score (nSPS) is 10.0. The number of hydrogen-bond donors (Lipinski definition) is 1. The number of rotatable bonds is 4. The number of ketones is 1. The van der Waals surface area contributed by atoms with Crippen molar-refractivity contribution >= 4 is 17.9 Å². The van der Waals surface area contributed by atoms with Crippen LogP contribution >= 0.6 is 0 Å². The van der Waals surface area contributed by atoms with E-state index in [1.54, 1.807) is 12.1 Å². The lowest BCUT2D eigenvalue weighted by molar-refractivity contribution is -0.105. The molecule has 0 atom stereocenters. The van der Waals surface area contributed by atoms with Gasteiger partial charge in [0.1, 0.15) is 0 Å². The summed E-state index contributed by atoms with van der Waals surface area (Å²) in [5.74, 6) is -0.0230. The van der Waals surface area contributed by atoms with Crippen molar-refractivity contribution in [1.29, 1.82) is 0 Å². The molecule has 1 N–H and O–H groups in total. The van der Waals surface area contributed by atoms with Crippen LogP contribution in [0.15, 0.2) is 42.5 Å². The first-order valence-corrected chi connectivity index (χ1v) is 6.04. The molecule has 96 valence electrons. The third-order valence-electron chi connectivity index (χ3n) is 2.99. The molecule has 0 spiro atoms. The molecule has 2 aromatic rings. The van der Waals surface area contributed by atoms with Crippen molar-refractivity contribution < 1.29 is 9.59 Å². The van der Waals surface area contributed by atoms with Crippen LogP contribution in [0.2, 0.25) is 0 Å². The van der Waals surface area contributed by atoms with Crippen molar-refractivity contribution in [3.63, 3.8) is 0 Å². The van der Waals surface area contributed by atoms with Crippen LogP contribution in [0, 0.1) is 6.92 Å². The lowest BCUT2D eigenvalue weighted by atomic mass is 9.96. The van der Waals surface area contributed by atoms with E-state index in [9.17, 15) is 9.59 Å². The minimum Gasteiger partial charge on any atom is -0.329 e. The molecule has 0 aromatic heterocycles. The van der Waals surface area contributed by atoms with Gasteiger partial charge in [-0.05, 0) is 37.1 Å². The number of nitrogens with one attached hydrogen (secondary N) is 1. The topological polar surface area (TPSA) is 46.2 Å². The number of benzene rings is 2. The van der Waals surface area contributed by atoms with E-state index in [1.165, 1.54) is 12.5 Å². The van der Waals surface area contributed by atoms with Crippen LogP contribution in [0.1, 0.15) is 22.8 Å². The highest BCUT2D eigenvalue weighted by Gasteiger charge is 2.10. The Hall–Kier alpha value is -2.42. The smallest absolute Gasteiger partial charge is 0.211 e. The fourth-order valence-electron chi connectivity index (χ4n) is 1.98. The first-order chi connectivity index (χ1) is 9.11. The summed E-state index contributed by atoms with van der Waals surface area (Å²) in [4.78, 5) is 22.2. The van der Waals surface area contributed by atoms with Gasteiger partial charge >= 0.3 is 0 Å². The van der Waals surface area contributed by atoms with Gasteiger partial charge in [-0.1, -0.05) is 35.9 Å². The highest BCUT2D eigenvalue weighted by Crippen LogP contribution is 2.27. The zero-order valence-corrected chi connectivity index (χ0v) is 10.9. The van der Waals surface area contributed by atoms with Gasteiger partial charge in [0.05, 0.1) is 0 Å². The zero-order chi connectivity index (χ0) is 13.8. The van der Waals surface area contributed by atoms with Crippen LogP contribution in [0.25, 0.3) is 11.1 Å². The first kappa shape index (κ1) is 13.0. The minimum atomic E-state index is -0.0230. The average molecular weight is 253 g/mol. The summed E-state index contributed by atoms with van der Waals surface area (Å²) in [5.41, 5.74) is 4.27. The molecular formula is C16H15NO2. The van der Waals surface area contributed by atoms with Gasteiger partial charge in [-0.25, -0.2) is 0 Å². The SMILES string of the molecule is CC(=O)c1cc(NC=O)ccc1-c1ccc(C)cc1. The molecule has 3 nitrogen and oxygen atoms in total. The lowest BCUT2D eigenvalue weighted by Gasteiger charge is -2.10. The quantitative estimate of drug-likeness (QED) is 0.670. The van der Waals surface area contributed by atoms with Crippen LogP contribution in [-0.4, -0.2) is 12.2 Å². The second-order valence-corrected chi connectivity index (χ2v) is 4.44. The van der Waals surface area contributed by atoms with Gasteiger partial charge in [0, 0.05) is 11.3 Å². The van der Waals surface area contributed by atoms with Crippen LogP contribution in [0.4, 0.5) is 5.69 Å². The number of hydrogen-bond acceptors (Lipinski definition) is 2. The Morgan fingerprint density at radius 1 is 1.11 bits per heavy atom. The maximum atomic E-state index is 11.7. The first-order valence-electron chi connectivity index (χ1n) is 6.04. The Labute approximate surface area is 112 Å². The zero-order valence-electron chi connectivity index (χ0n) is 10.9. The van der Waals surface area contributed by atoms with Crippen LogP contribution in [0.5, 0.6) is 0 Å². The molecule has 0 heterocycles. The molecule has 3 heteroatoms. The van der Waals surface area contributed by atoms with Gasteiger partial charge in [-0.3, -0.25) is 9.59 Å². The van der Waals surface area contributed by atoms with Gasteiger partial charge in [0.2, 0.25) is 6.41 Å². The van der Waals surface area contributed by atoms with E-state index in [4.69, 9.17) is 0 Å². The van der Waals surface area contributed by atoms with Crippen molar-refractivity contribution in [2.45, 2.75) is 13.8 Å². The predicted molar refractivity (Wildman–Crippen MR) is 76.3 cm³/mol. The standard InChI is InChI=1S/C16H15NO2/c1-11-3-5-13(6-4-11)15-8-7-14(17-10-18)9-16(15)12(2)19/h3-10H,1-2H3,(H,17,18). The Balaban J connectivity index is 2.53. The summed E-state index contributed by atoms with van der Waals surface area (Å²) in [6, 6.07) is 13.3. The second kappa shape index (κ2) is 5.48. The van der Waals surface area contributed by atoms with E-state index in [1.807, 2.05) is 37.3 Å². The molecule has 2 aromatic carbocycles.